The number of hydrogen-bond acceptors (Lipinski definition) is 0. The van der Waals surface area contributed by atoms with Crippen molar-refractivity contribution < 1.29 is 0 Å². The number of hydrogen-bond donors (Lipinski definition) is 0. The quantitative estimate of drug-likeness (QED) is 0.364. The first-order chi connectivity index (χ1) is 7.56. The molecule has 0 saturated carbocycles. The number of allylic oxidation sites excluding steroid dienone is 3. The first kappa shape index (κ1) is 15.8. The third-order valence-electron chi connectivity index (χ3n) is 2.66. The SMILES string of the molecule is CCCC[Te](Br)(Br)/C(Br)=C/C1=CCCCC1. The van der Waals surface area contributed by atoms with Crippen molar-refractivity contribution in [2.24, 2.45) is 0 Å². The molecule has 0 aromatic carbocycles. The standard InChI is InChI=1S/C12H19Br3Te/c1-2-3-9-16(14,15)12(13)10-11-7-5-4-6-8-11/h7,10H,2-6,8-9H2,1H3/b12-10+. The molecule has 0 amide bonds. The van der Waals surface area contributed by atoms with E-state index in [2.05, 4.69) is 60.5 Å². The summed E-state index contributed by atoms with van der Waals surface area (Å²) in [5, 5.41) is 0. The van der Waals surface area contributed by atoms with Crippen molar-refractivity contribution in [3.63, 3.8) is 0 Å². The van der Waals surface area contributed by atoms with Crippen LogP contribution >= 0.6 is 41.4 Å². The average Bonchev–Trinajstić information content (AvgIpc) is 2.28. The third-order valence-corrected chi connectivity index (χ3v) is 25.7. The van der Waals surface area contributed by atoms with Crippen LogP contribution in [-0.2, 0) is 0 Å². The van der Waals surface area contributed by atoms with Crippen molar-refractivity contribution in [1.82, 2.24) is 0 Å². The predicted octanol–water partition coefficient (Wildman–Crippen LogP) is 6.34. The molecular weight excluding hydrogens is 511 g/mol. The van der Waals surface area contributed by atoms with Crippen molar-refractivity contribution in [3.8, 4) is 0 Å². The Morgan fingerprint density at radius 2 is 2.19 bits per heavy atom. The minimum atomic E-state index is -2.09. The summed E-state index contributed by atoms with van der Waals surface area (Å²) >= 11 is 9.56. The molecule has 0 aromatic heterocycles. The molecular formula is C12H19Br3Te. The van der Waals surface area contributed by atoms with Crippen LogP contribution in [0.1, 0.15) is 45.4 Å². The fourth-order valence-corrected chi connectivity index (χ4v) is 10.7. The maximum atomic E-state index is 3.94. The summed E-state index contributed by atoms with van der Waals surface area (Å²) in [7, 11) is 0. The Labute approximate surface area is 124 Å². The fraction of sp³-hybridized carbons (Fsp3) is 0.667. The van der Waals surface area contributed by atoms with Crippen LogP contribution < -0.4 is 0 Å². The molecule has 16 heavy (non-hydrogen) atoms. The van der Waals surface area contributed by atoms with Crippen molar-refractivity contribution in [3.05, 3.63) is 20.3 Å². The van der Waals surface area contributed by atoms with E-state index in [9.17, 15) is 0 Å². The monoisotopic (exact) mass is 530 g/mol. The van der Waals surface area contributed by atoms with Gasteiger partial charge in [0.1, 0.15) is 0 Å². The van der Waals surface area contributed by atoms with Gasteiger partial charge < -0.3 is 0 Å². The summed E-state index contributed by atoms with van der Waals surface area (Å²) < 4.78 is 2.69. The normalized spacial score (nSPS) is 19.5. The molecule has 0 aliphatic heterocycles. The van der Waals surface area contributed by atoms with Gasteiger partial charge in [-0.15, -0.1) is 0 Å². The van der Waals surface area contributed by atoms with Crippen LogP contribution in [0, 0.1) is 0 Å². The van der Waals surface area contributed by atoms with E-state index in [-0.39, 0.29) is 0 Å². The van der Waals surface area contributed by atoms with Gasteiger partial charge in [0.25, 0.3) is 0 Å². The van der Waals surface area contributed by atoms with Crippen molar-refractivity contribution in [1.29, 1.82) is 0 Å². The van der Waals surface area contributed by atoms with Gasteiger partial charge in [0.2, 0.25) is 0 Å². The van der Waals surface area contributed by atoms with E-state index in [1.54, 1.807) is 0 Å². The second-order valence-corrected chi connectivity index (χ2v) is 33.0. The summed E-state index contributed by atoms with van der Waals surface area (Å²) in [5.74, 6) is 0. The Balaban J connectivity index is 2.63. The van der Waals surface area contributed by atoms with E-state index >= 15 is 0 Å². The summed E-state index contributed by atoms with van der Waals surface area (Å²) in [6.45, 7) is 2.25. The van der Waals surface area contributed by atoms with Gasteiger partial charge in [0.15, 0.2) is 0 Å². The first-order valence-electron chi connectivity index (χ1n) is 5.83. The third kappa shape index (κ3) is 5.57. The number of halogens is 3. The minimum absolute atomic E-state index is 1.25. The summed E-state index contributed by atoms with van der Waals surface area (Å²) in [6, 6.07) is 0. The average molecular weight is 531 g/mol. The van der Waals surface area contributed by atoms with Crippen molar-refractivity contribution in [2.75, 3.05) is 0 Å². The Morgan fingerprint density at radius 3 is 2.75 bits per heavy atom. The molecule has 0 radical (unpaired) electrons. The Hall–Kier alpha value is 1.71. The molecule has 0 saturated heterocycles. The molecule has 0 N–H and O–H groups in total. The molecule has 94 valence electrons. The molecule has 4 heteroatoms. The molecule has 0 bridgehead atoms. The first-order valence-corrected chi connectivity index (χ1v) is 19.9. The van der Waals surface area contributed by atoms with Gasteiger partial charge >= 0.3 is 125 Å². The van der Waals surface area contributed by atoms with E-state index in [1.807, 2.05) is 0 Å². The van der Waals surface area contributed by atoms with E-state index in [0.717, 1.165) is 0 Å². The Bertz CT molecular complexity index is 282. The Kier molecular flexibility index (Phi) is 7.88. The molecule has 0 unspecified atom stereocenters. The van der Waals surface area contributed by atoms with Crippen LogP contribution in [-0.4, -0.2) is 13.8 Å². The van der Waals surface area contributed by atoms with Crippen molar-refractivity contribution >= 4 is 55.2 Å². The maximum absolute atomic E-state index is 3.94. The molecule has 1 aliphatic carbocycles. The summed E-state index contributed by atoms with van der Waals surface area (Å²) in [5.41, 5.74) is 1.52. The van der Waals surface area contributed by atoms with E-state index in [1.165, 1.54) is 51.1 Å². The second kappa shape index (κ2) is 8.00. The molecule has 1 aliphatic rings. The van der Waals surface area contributed by atoms with Crippen LogP contribution in [0.2, 0.25) is 4.47 Å². The molecule has 0 fully saturated rings. The van der Waals surface area contributed by atoms with Gasteiger partial charge in [-0.25, -0.2) is 0 Å². The van der Waals surface area contributed by atoms with E-state index in [0.29, 0.717) is 0 Å². The van der Waals surface area contributed by atoms with Gasteiger partial charge in [0, 0.05) is 0 Å². The Morgan fingerprint density at radius 1 is 1.44 bits per heavy atom. The summed E-state index contributed by atoms with van der Waals surface area (Å²) in [4.78, 5) is 0. The number of unbranched alkanes of at least 4 members (excludes halogenated alkanes) is 1. The molecule has 0 spiro atoms. The van der Waals surface area contributed by atoms with Crippen LogP contribution in [0.3, 0.4) is 0 Å². The number of rotatable bonds is 5. The van der Waals surface area contributed by atoms with Gasteiger partial charge in [-0.05, 0) is 0 Å². The van der Waals surface area contributed by atoms with Crippen LogP contribution in [0.5, 0.6) is 0 Å². The fourth-order valence-electron chi connectivity index (χ4n) is 1.65. The van der Waals surface area contributed by atoms with Crippen LogP contribution in [0.4, 0.5) is 0 Å². The van der Waals surface area contributed by atoms with Gasteiger partial charge in [-0.3, -0.25) is 0 Å². The molecule has 1 rings (SSSR count). The zero-order valence-corrected chi connectivity index (χ0v) is 16.7. The molecule has 0 aromatic rings. The van der Waals surface area contributed by atoms with Gasteiger partial charge in [0.05, 0.1) is 0 Å². The topological polar surface area (TPSA) is 0 Å². The predicted molar refractivity (Wildman–Crippen MR) is 86.9 cm³/mol. The van der Waals surface area contributed by atoms with Gasteiger partial charge in [-0.1, -0.05) is 0 Å². The van der Waals surface area contributed by atoms with E-state index < -0.39 is 13.8 Å². The molecule has 0 nitrogen and oxygen atoms in total. The van der Waals surface area contributed by atoms with Crippen molar-refractivity contribution in [2.45, 2.75) is 49.9 Å². The van der Waals surface area contributed by atoms with Gasteiger partial charge in [-0.2, -0.15) is 0 Å². The molecule has 0 heterocycles. The zero-order chi connectivity index (χ0) is 12.0. The summed E-state index contributed by atoms with van der Waals surface area (Å²) in [6.07, 6.45) is 12.5. The van der Waals surface area contributed by atoms with Crippen LogP contribution in [0.15, 0.2) is 20.3 Å². The molecule has 0 atom stereocenters. The van der Waals surface area contributed by atoms with Crippen LogP contribution in [0.25, 0.3) is 0 Å². The van der Waals surface area contributed by atoms with E-state index in [4.69, 9.17) is 0 Å². The second-order valence-electron chi connectivity index (χ2n) is 4.11. The zero-order valence-electron chi connectivity index (χ0n) is 9.65.